The first-order valence-electron chi connectivity index (χ1n) is 8.46. The van der Waals surface area contributed by atoms with Crippen LogP contribution < -0.4 is 4.31 Å². The molecule has 0 aromatic heterocycles. The summed E-state index contributed by atoms with van der Waals surface area (Å²) in [6.45, 7) is 1.58. The van der Waals surface area contributed by atoms with Crippen LogP contribution in [0.3, 0.4) is 0 Å². The van der Waals surface area contributed by atoms with Crippen LogP contribution in [0.5, 0.6) is 0 Å². The normalized spacial score (nSPS) is 12.3. The maximum atomic E-state index is 12.2. The molecule has 1 atom stereocenters. The minimum absolute atomic E-state index is 0.000356. The van der Waals surface area contributed by atoms with Gasteiger partial charge in [0.2, 0.25) is 10.0 Å². The van der Waals surface area contributed by atoms with Crippen molar-refractivity contribution >= 4 is 27.5 Å². The van der Waals surface area contributed by atoms with E-state index in [4.69, 9.17) is 4.74 Å². The van der Waals surface area contributed by atoms with Gasteiger partial charge in [0.1, 0.15) is 0 Å². The Morgan fingerprint density at radius 1 is 1.04 bits per heavy atom. The first-order valence-corrected chi connectivity index (χ1v) is 10.3. The van der Waals surface area contributed by atoms with E-state index in [2.05, 4.69) is 0 Å². The van der Waals surface area contributed by atoms with Crippen molar-refractivity contribution in [1.82, 2.24) is 0 Å². The van der Waals surface area contributed by atoms with Crippen molar-refractivity contribution in [3.05, 3.63) is 65.7 Å². The molecule has 144 valence electrons. The minimum Gasteiger partial charge on any atom is -0.457 e. The van der Waals surface area contributed by atoms with Gasteiger partial charge in [-0.2, -0.15) is 0 Å². The van der Waals surface area contributed by atoms with Gasteiger partial charge in [0.05, 0.1) is 18.4 Å². The van der Waals surface area contributed by atoms with Crippen LogP contribution in [0.15, 0.2) is 54.6 Å². The van der Waals surface area contributed by atoms with Gasteiger partial charge in [-0.1, -0.05) is 37.3 Å². The minimum atomic E-state index is -3.37. The van der Waals surface area contributed by atoms with Crippen LogP contribution >= 0.6 is 0 Å². The van der Waals surface area contributed by atoms with Crippen molar-refractivity contribution in [2.24, 2.45) is 0 Å². The van der Waals surface area contributed by atoms with Gasteiger partial charge in [0.15, 0.2) is 12.4 Å². The molecule has 0 N–H and O–H groups in total. The highest BCUT2D eigenvalue weighted by Crippen LogP contribution is 2.19. The molecule has 0 unspecified atom stereocenters. The van der Waals surface area contributed by atoms with Crippen LogP contribution in [0, 0.1) is 0 Å². The van der Waals surface area contributed by atoms with Gasteiger partial charge in [0, 0.05) is 12.6 Å². The number of Topliss-reactive ketones (excluding diaryl/α,β-unsaturated/α-hetero) is 1. The van der Waals surface area contributed by atoms with Crippen LogP contribution in [-0.4, -0.2) is 40.1 Å². The van der Waals surface area contributed by atoms with E-state index in [0.29, 0.717) is 11.3 Å². The molecule has 0 amide bonds. The summed E-state index contributed by atoms with van der Waals surface area (Å²) in [7, 11) is -1.93. The molecule has 0 radical (unpaired) electrons. The number of sulfonamides is 1. The molecule has 7 heteroatoms. The Hall–Kier alpha value is -2.67. The number of esters is 1. The Morgan fingerprint density at radius 2 is 1.63 bits per heavy atom. The zero-order chi connectivity index (χ0) is 20.0. The second-order valence-electron chi connectivity index (χ2n) is 6.38. The average molecular weight is 389 g/mol. The zero-order valence-electron chi connectivity index (χ0n) is 15.6. The van der Waals surface area contributed by atoms with Crippen LogP contribution in [0.2, 0.25) is 0 Å². The van der Waals surface area contributed by atoms with Gasteiger partial charge in [-0.3, -0.25) is 13.9 Å². The van der Waals surface area contributed by atoms with E-state index in [1.165, 1.54) is 31.3 Å². The summed E-state index contributed by atoms with van der Waals surface area (Å²) in [6, 6.07) is 15.7. The van der Waals surface area contributed by atoms with E-state index in [1.807, 2.05) is 37.3 Å². The fraction of sp³-hybridized carbons (Fsp3) is 0.300. The lowest BCUT2D eigenvalue weighted by atomic mass is 9.98. The van der Waals surface area contributed by atoms with Gasteiger partial charge in [-0.15, -0.1) is 0 Å². The van der Waals surface area contributed by atoms with E-state index in [9.17, 15) is 18.0 Å². The molecule has 0 saturated carbocycles. The largest absolute Gasteiger partial charge is 0.457 e. The molecule has 0 aliphatic carbocycles. The lowest BCUT2D eigenvalue weighted by Gasteiger charge is -2.16. The number of carbonyl (C=O) groups excluding carboxylic acids is 2. The third-order valence-corrected chi connectivity index (χ3v) is 5.46. The van der Waals surface area contributed by atoms with Crippen LogP contribution in [0.1, 0.15) is 35.2 Å². The van der Waals surface area contributed by atoms with Crippen molar-refractivity contribution in [2.75, 3.05) is 24.2 Å². The summed E-state index contributed by atoms with van der Waals surface area (Å²) in [5.41, 5.74) is 1.83. The Balaban J connectivity index is 1.89. The van der Waals surface area contributed by atoms with Crippen molar-refractivity contribution in [2.45, 2.75) is 19.3 Å². The molecule has 0 aliphatic rings. The number of hydrogen-bond acceptors (Lipinski definition) is 5. The van der Waals surface area contributed by atoms with E-state index in [0.717, 1.165) is 16.1 Å². The molecule has 2 aromatic rings. The lowest BCUT2D eigenvalue weighted by Crippen LogP contribution is -2.24. The topological polar surface area (TPSA) is 80.8 Å². The van der Waals surface area contributed by atoms with Crippen molar-refractivity contribution in [1.29, 1.82) is 0 Å². The quantitative estimate of drug-likeness (QED) is 0.512. The fourth-order valence-corrected chi connectivity index (χ4v) is 2.99. The van der Waals surface area contributed by atoms with Gasteiger partial charge in [-0.05, 0) is 35.7 Å². The number of anilines is 1. The summed E-state index contributed by atoms with van der Waals surface area (Å²) in [5, 5.41) is 0. The molecule has 0 aliphatic heterocycles. The summed E-state index contributed by atoms with van der Waals surface area (Å²) < 4.78 is 29.2. The SMILES string of the molecule is C[C@@H](CC(=O)OCC(=O)c1ccc(N(C)S(C)(=O)=O)cc1)c1ccccc1. The third-order valence-electron chi connectivity index (χ3n) is 4.26. The highest BCUT2D eigenvalue weighted by Gasteiger charge is 2.16. The number of nitrogens with zero attached hydrogens (tertiary/aromatic N) is 1. The summed E-state index contributed by atoms with van der Waals surface area (Å²) in [5.74, 6) is -0.781. The third kappa shape index (κ3) is 5.92. The molecule has 2 aromatic carbocycles. The summed E-state index contributed by atoms with van der Waals surface area (Å²) in [4.78, 5) is 24.1. The Morgan fingerprint density at radius 3 is 2.19 bits per heavy atom. The van der Waals surface area contributed by atoms with E-state index < -0.39 is 16.0 Å². The first-order chi connectivity index (χ1) is 12.7. The molecule has 0 spiro atoms. The highest BCUT2D eigenvalue weighted by atomic mass is 32.2. The molecule has 0 bridgehead atoms. The predicted octanol–water partition coefficient (Wildman–Crippen LogP) is 3.00. The maximum absolute atomic E-state index is 12.2. The van der Waals surface area contributed by atoms with Crippen molar-refractivity contribution < 1.29 is 22.7 Å². The van der Waals surface area contributed by atoms with Gasteiger partial charge in [-0.25, -0.2) is 8.42 Å². The standard InChI is InChI=1S/C20H23NO5S/c1-15(16-7-5-4-6-8-16)13-20(23)26-14-19(22)17-9-11-18(12-10-17)21(2)27(3,24)25/h4-12,15H,13-14H2,1-3H3/t15-/m0/s1. The molecular weight excluding hydrogens is 366 g/mol. The van der Waals surface area contributed by atoms with Crippen LogP contribution in [0.4, 0.5) is 5.69 Å². The van der Waals surface area contributed by atoms with Gasteiger partial charge < -0.3 is 4.74 Å². The molecule has 6 nitrogen and oxygen atoms in total. The van der Waals surface area contributed by atoms with Gasteiger partial charge in [0.25, 0.3) is 0 Å². The van der Waals surface area contributed by atoms with Gasteiger partial charge >= 0.3 is 5.97 Å². The smallest absolute Gasteiger partial charge is 0.306 e. The van der Waals surface area contributed by atoms with Crippen LogP contribution in [0.25, 0.3) is 0 Å². The molecule has 27 heavy (non-hydrogen) atoms. The number of ether oxygens (including phenoxy) is 1. The molecule has 0 saturated heterocycles. The Labute approximate surface area is 159 Å². The van der Waals surface area contributed by atoms with E-state index >= 15 is 0 Å². The number of benzene rings is 2. The Kier molecular flexibility index (Phi) is 6.74. The number of ketones is 1. The molecule has 0 heterocycles. The number of carbonyl (C=O) groups is 2. The number of hydrogen-bond donors (Lipinski definition) is 0. The monoisotopic (exact) mass is 389 g/mol. The number of rotatable bonds is 8. The molecular formula is C20H23NO5S. The maximum Gasteiger partial charge on any atom is 0.306 e. The summed E-state index contributed by atoms with van der Waals surface area (Å²) in [6.07, 6.45) is 1.29. The zero-order valence-corrected chi connectivity index (χ0v) is 16.4. The highest BCUT2D eigenvalue weighted by molar-refractivity contribution is 7.92. The first kappa shape index (κ1) is 20.6. The average Bonchev–Trinajstić information content (AvgIpc) is 2.65. The summed E-state index contributed by atoms with van der Waals surface area (Å²) >= 11 is 0. The van der Waals surface area contributed by atoms with E-state index in [-0.39, 0.29) is 24.7 Å². The predicted molar refractivity (Wildman–Crippen MR) is 104 cm³/mol. The Bertz CT molecular complexity index is 892. The van der Waals surface area contributed by atoms with Crippen molar-refractivity contribution in [3.63, 3.8) is 0 Å². The second kappa shape index (κ2) is 8.81. The fourth-order valence-electron chi connectivity index (χ4n) is 2.49. The van der Waals surface area contributed by atoms with Crippen LogP contribution in [-0.2, 0) is 19.6 Å². The second-order valence-corrected chi connectivity index (χ2v) is 8.39. The molecule has 2 rings (SSSR count). The lowest BCUT2D eigenvalue weighted by molar-refractivity contribution is -0.142. The van der Waals surface area contributed by atoms with Crippen molar-refractivity contribution in [3.8, 4) is 0 Å². The molecule has 0 fully saturated rings. The van der Waals surface area contributed by atoms with E-state index in [1.54, 1.807) is 0 Å².